The molecule has 9 nitrogen and oxygen atoms in total. The fraction of sp³-hybridized carbons (Fsp3) is 0.212. The third-order valence-electron chi connectivity index (χ3n) is 7.72. The first-order chi connectivity index (χ1) is 21.0. The lowest BCUT2D eigenvalue weighted by molar-refractivity contribution is 0.0768. The van der Waals surface area contributed by atoms with E-state index in [1.54, 1.807) is 11.1 Å². The molecule has 43 heavy (non-hydrogen) atoms. The maximum absolute atomic E-state index is 13.0. The third-order valence-corrected chi connectivity index (χ3v) is 7.89. The number of nitrogens with zero attached hydrogens (tertiary/aromatic N) is 7. The molecule has 3 aromatic carbocycles. The van der Waals surface area contributed by atoms with Gasteiger partial charge in [-0.25, -0.2) is 9.78 Å². The van der Waals surface area contributed by atoms with E-state index in [4.69, 9.17) is 21.3 Å². The molecular formula is C33H26ClN7O2. The number of halogens is 1. The maximum Gasteiger partial charge on any atom is 0.410 e. The lowest BCUT2D eigenvalue weighted by atomic mass is 9.95. The monoisotopic (exact) mass is 587 g/mol. The van der Waals surface area contributed by atoms with Crippen LogP contribution in [0.3, 0.4) is 0 Å². The second-order valence-electron chi connectivity index (χ2n) is 10.3. The van der Waals surface area contributed by atoms with E-state index in [1.165, 1.54) is 0 Å². The second kappa shape index (κ2) is 11.9. The predicted octanol–water partition coefficient (Wildman–Crippen LogP) is 6.42. The van der Waals surface area contributed by atoms with Gasteiger partial charge in [0.1, 0.15) is 24.1 Å². The molecule has 0 radical (unpaired) electrons. The number of benzene rings is 3. The van der Waals surface area contributed by atoms with Crippen LogP contribution in [-0.2, 0) is 11.3 Å². The molecule has 2 aromatic heterocycles. The van der Waals surface area contributed by atoms with E-state index >= 15 is 0 Å². The van der Waals surface area contributed by atoms with Crippen molar-refractivity contribution in [3.05, 3.63) is 94.9 Å². The van der Waals surface area contributed by atoms with Crippen LogP contribution in [0.4, 0.5) is 10.6 Å². The third kappa shape index (κ3) is 5.39. The van der Waals surface area contributed by atoms with Crippen LogP contribution in [-0.4, -0.2) is 51.6 Å². The zero-order chi connectivity index (χ0) is 29.9. The van der Waals surface area contributed by atoms with Crippen molar-refractivity contribution in [3.63, 3.8) is 0 Å². The molecule has 5 aromatic rings. The Kier molecular flexibility index (Phi) is 7.74. The van der Waals surface area contributed by atoms with Crippen molar-refractivity contribution >= 4 is 45.2 Å². The number of hydrogen-bond donors (Lipinski definition) is 0. The number of carbonyl (C=O) groups excluding carboxylic acids is 1. The highest BCUT2D eigenvalue weighted by Gasteiger charge is 2.33. The van der Waals surface area contributed by atoms with Crippen molar-refractivity contribution in [1.29, 1.82) is 10.5 Å². The van der Waals surface area contributed by atoms with Gasteiger partial charge in [-0.3, -0.25) is 4.98 Å². The molecule has 0 saturated carbocycles. The predicted molar refractivity (Wildman–Crippen MR) is 164 cm³/mol. The minimum atomic E-state index is -0.474. The van der Waals surface area contributed by atoms with Crippen molar-refractivity contribution < 1.29 is 9.53 Å². The maximum atomic E-state index is 13.0. The molecule has 0 bridgehead atoms. The van der Waals surface area contributed by atoms with E-state index in [2.05, 4.69) is 22.1 Å². The first-order valence-electron chi connectivity index (χ1n) is 13.8. The minimum absolute atomic E-state index is 0.00761. The molecule has 1 saturated heterocycles. The summed E-state index contributed by atoms with van der Waals surface area (Å²) in [5, 5.41) is 22.5. The van der Waals surface area contributed by atoms with Crippen LogP contribution in [0.5, 0.6) is 0 Å². The van der Waals surface area contributed by atoms with Crippen LogP contribution in [0.25, 0.3) is 32.9 Å². The summed E-state index contributed by atoms with van der Waals surface area (Å²) in [5.41, 5.74) is 4.01. The number of hydrogen-bond acceptors (Lipinski definition) is 8. The number of fused-ring (bicyclic) bond motifs is 2. The van der Waals surface area contributed by atoms with E-state index in [9.17, 15) is 15.3 Å². The number of aromatic nitrogens is 3. The number of ether oxygens (including phenoxy) is 1. The molecule has 0 spiro atoms. The van der Waals surface area contributed by atoms with Gasteiger partial charge in [-0.1, -0.05) is 66.7 Å². The van der Waals surface area contributed by atoms with Crippen LogP contribution < -0.4 is 4.90 Å². The van der Waals surface area contributed by atoms with Gasteiger partial charge in [0.25, 0.3) is 0 Å². The first kappa shape index (κ1) is 27.9. The molecule has 1 aliphatic heterocycles. The molecule has 0 N–H and O–H groups in total. The quantitative estimate of drug-likeness (QED) is 0.216. The Morgan fingerprint density at radius 1 is 1.05 bits per heavy atom. The van der Waals surface area contributed by atoms with Gasteiger partial charge in [0.15, 0.2) is 0 Å². The van der Waals surface area contributed by atoms with Crippen LogP contribution in [0.2, 0.25) is 5.28 Å². The first-order valence-corrected chi connectivity index (χ1v) is 14.2. The van der Waals surface area contributed by atoms with Gasteiger partial charge < -0.3 is 14.5 Å². The number of anilines is 1. The fourth-order valence-corrected chi connectivity index (χ4v) is 5.86. The molecule has 1 atom stereocenters. The number of amides is 1. The number of aryl methyl sites for hydroxylation is 1. The van der Waals surface area contributed by atoms with Crippen molar-refractivity contribution in [1.82, 2.24) is 19.9 Å². The molecule has 6 rings (SSSR count). The zero-order valence-corrected chi connectivity index (χ0v) is 24.1. The zero-order valence-electron chi connectivity index (χ0n) is 23.4. The number of nitriles is 2. The Morgan fingerprint density at radius 2 is 1.84 bits per heavy atom. The molecule has 0 unspecified atom stereocenters. The summed E-state index contributed by atoms with van der Waals surface area (Å²) < 4.78 is 5.57. The highest BCUT2D eigenvalue weighted by Crippen LogP contribution is 2.36. The highest BCUT2D eigenvalue weighted by atomic mass is 35.5. The average Bonchev–Trinajstić information content (AvgIpc) is 3.03. The Balaban J connectivity index is 1.34. The molecule has 1 fully saturated rings. The Morgan fingerprint density at radius 3 is 2.60 bits per heavy atom. The minimum Gasteiger partial charge on any atom is -0.445 e. The number of rotatable bonds is 5. The van der Waals surface area contributed by atoms with Gasteiger partial charge in [-0.2, -0.15) is 15.5 Å². The molecule has 1 aliphatic rings. The van der Waals surface area contributed by atoms with Gasteiger partial charge in [-0.05, 0) is 40.4 Å². The second-order valence-corrected chi connectivity index (χ2v) is 10.7. The molecule has 0 aliphatic carbocycles. The van der Waals surface area contributed by atoms with E-state index in [-0.39, 0.29) is 18.3 Å². The Labute approximate surface area is 253 Å². The van der Waals surface area contributed by atoms with Crippen LogP contribution in [0, 0.1) is 29.6 Å². The molecule has 10 heteroatoms. The van der Waals surface area contributed by atoms with Gasteiger partial charge in [0.2, 0.25) is 5.28 Å². The van der Waals surface area contributed by atoms with Gasteiger partial charge >= 0.3 is 6.09 Å². The summed E-state index contributed by atoms with van der Waals surface area (Å²) in [4.78, 5) is 30.3. The SMILES string of the molecule is Cc1cccc2cccc(-c3ncc4c(N5CCN(C(=O)OCc6ccccc6)[C@@H](CC#N)C5)nc(Cl)nc4c3C#N)c12. The van der Waals surface area contributed by atoms with Gasteiger partial charge in [0, 0.05) is 31.4 Å². The van der Waals surface area contributed by atoms with Crippen LogP contribution in [0.1, 0.15) is 23.1 Å². The van der Waals surface area contributed by atoms with Crippen molar-refractivity contribution in [2.75, 3.05) is 24.5 Å². The van der Waals surface area contributed by atoms with Crippen LogP contribution in [0.15, 0.2) is 72.9 Å². The topological polar surface area (TPSA) is 119 Å². The summed E-state index contributed by atoms with van der Waals surface area (Å²) >= 11 is 6.45. The van der Waals surface area contributed by atoms with E-state index in [0.717, 1.165) is 27.5 Å². The number of piperazine rings is 1. The van der Waals surface area contributed by atoms with Crippen molar-refractivity contribution in [2.45, 2.75) is 26.0 Å². The summed E-state index contributed by atoms with van der Waals surface area (Å²) in [7, 11) is 0. The highest BCUT2D eigenvalue weighted by molar-refractivity contribution is 6.29. The lowest BCUT2D eigenvalue weighted by Gasteiger charge is -2.40. The lowest BCUT2D eigenvalue weighted by Crippen LogP contribution is -2.55. The molecule has 212 valence electrons. The van der Waals surface area contributed by atoms with Crippen LogP contribution >= 0.6 is 11.6 Å². The summed E-state index contributed by atoms with van der Waals surface area (Å²) in [6, 6.07) is 25.5. The number of carbonyl (C=O) groups is 1. The van der Waals surface area contributed by atoms with Crippen molar-refractivity contribution in [3.8, 4) is 23.4 Å². The summed E-state index contributed by atoms with van der Waals surface area (Å²) in [5.74, 6) is 0.500. The normalized spacial score (nSPS) is 14.8. The Hall–Kier alpha value is -5.25. The van der Waals surface area contributed by atoms with E-state index in [1.807, 2.05) is 78.6 Å². The average molecular weight is 588 g/mol. The smallest absolute Gasteiger partial charge is 0.410 e. The molecule has 1 amide bonds. The summed E-state index contributed by atoms with van der Waals surface area (Å²) in [6.07, 6.45) is 1.31. The van der Waals surface area contributed by atoms with E-state index in [0.29, 0.717) is 47.6 Å². The standard InChI is InChI=1S/C33H26ClN7O2/c1-21-7-5-10-23-11-6-12-25(28(21)23)29-26(17-36)30-27(18-37-29)31(39-32(34)38-30)40-15-16-41(24(19-40)13-14-35)33(42)43-20-22-8-3-2-4-9-22/h2-12,18,24H,13,15-16,19-20H2,1H3/t24-/m0/s1. The summed E-state index contributed by atoms with van der Waals surface area (Å²) in [6.45, 7) is 3.23. The number of pyridine rings is 1. The fourth-order valence-electron chi connectivity index (χ4n) is 5.69. The largest absolute Gasteiger partial charge is 0.445 e. The Bertz CT molecular complexity index is 1930. The van der Waals surface area contributed by atoms with E-state index < -0.39 is 12.1 Å². The van der Waals surface area contributed by atoms with Crippen molar-refractivity contribution in [2.24, 2.45) is 0 Å². The molecular weight excluding hydrogens is 562 g/mol. The van der Waals surface area contributed by atoms with Gasteiger partial charge in [-0.15, -0.1) is 0 Å². The van der Waals surface area contributed by atoms with Gasteiger partial charge in [0.05, 0.1) is 35.1 Å². The molecule has 3 heterocycles.